The zero-order valence-corrected chi connectivity index (χ0v) is 16.0. The van der Waals surface area contributed by atoms with Crippen LogP contribution in [0.5, 0.6) is 5.75 Å². The van der Waals surface area contributed by atoms with E-state index in [1.807, 2.05) is 30.3 Å². The standard InChI is InChI=1S/C22H23N3O4/c26-20-14-29-19-9-8-17(12-18(19)24-20)23-22(28)16-7-4-10-25(13-16)21(27)11-15-5-2-1-3-6-15/h1-3,5-6,8-9,12,16H,4,7,10-11,13-14H2,(H,23,28)(H,24,26)/t16-/m0/s1. The molecule has 0 bridgehead atoms. The molecule has 1 fully saturated rings. The Morgan fingerprint density at radius 3 is 2.83 bits per heavy atom. The molecule has 2 aromatic carbocycles. The van der Waals surface area contributed by atoms with Crippen molar-refractivity contribution < 1.29 is 19.1 Å². The molecule has 0 aliphatic carbocycles. The number of nitrogens with one attached hydrogen (secondary N) is 2. The van der Waals surface area contributed by atoms with Crippen LogP contribution < -0.4 is 15.4 Å². The van der Waals surface area contributed by atoms with Crippen LogP contribution in [0.3, 0.4) is 0 Å². The van der Waals surface area contributed by atoms with Gasteiger partial charge in [0.25, 0.3) is 5.91 Å². The number of hydrogen-bond acceptors (Lipinski definition) is 4. The topological polar surface area (TPSA) is 87.7 Å². The van der Waals surface area contributed by atoms with Crippen molar-refractivity contribution >= 4 is 29.1 Å². The lowest BCUT2D eigenvalue weighted by Crippen LogP contribution is -2.44. The number of hydrogen-bond donors (Lipinski definition) is 2. The van der Waals surface area contributed by atoms with Crippen LogP contribution in [0.2, 0.25) is 0 Å². The Hall–Kier alpha value is -3.35. The molecule has 2 heterocycles. The predicted octanol–water partition coefficient (Wildman–Crippen LogP) is 2.44. The normalized spacial score (nSPS) is 18.3. The van der Waals surface area contributed by atoms with E-state index in [2.05, 4.69) is 10.6 Å². The average Bonchev–Trinajstić information content (AvgIpc) is 2.74. The summed E-state index contributed by atoms with van der Waals surface area (Å²) in [6.07, 6.45) is 1.89. The number of benzene rings is 2. The second-order valence-electron chi connectivity index (χ2n) is 7.38. The minimum Gasteiger partial charge on any atom is -0.482 e. The summed E-state index contributed by atoms with van der Waals surface area (Å²) in [4.78, 5) is 38.6. The molecule has 7 heteroatoms. The Balaban J connectivity index is 1.37. The first-order chi connectivity index (χ1) is 14.1. The molecule has 7 nitrogen and oxygen atoms in total. The lowest BCUT2D eigenvalue weighted by molar-refractivity contribution is -0.134. The summed E-state index contributed by atoms with van der Waals surface area (Å²) >= 11 is 0. The number of rotatable bonds is 4. The molecular formula is C22H23N3O4. The first kappa shape index (κ1) is 19.0. The van der Waals surface area contributed by atoms with Crippen LogP contribution in [-0.2, 0) is 20.8 Å². The summed E-state index contributed by atoms with van der Waals surface area (Å²) in [6, 6.07) is 14.8. The molecule has 1 saturated heterocycles. The van der Waals surface area contributed by atoms with Crippen LogP contribution in [0.4, 0.5) is 11.4 Å². The van der Waals surface area contributed by atoms with Gasteiger partial charge in [0.1, 0.15) is 5.75 Å². The number of carbonyl (C=O) groups excluding carboxylic acids is 3. The maximum absolute atomic E-state index is 12.8. The number of anilines is 2. The van der Waals surface area contributed by atoms with E-state index in [0.717, 1.165) is 18.4 Å². The van der Waals surface area contributed by atoms with E-state index in [9.17, 15) is 14.4 Å². The van der Waals surface area contributed by atoms with Crippen molar-refractivity contribution in [3.8, 4) is 5.75 Å². The number of carbonyl (C=O) groups is 3. The summed E-state index contributed by atoms with van der Waals surface area (Å²) in [5.41, 5.74) is 2.11. The summed E-state index contributed by atoms with van der Waals surface area (Å²) in [5.74, 6) is 0.0247. The Morgan fingerprint density at radius 2 is 2.00 bits per heavy atom. The number of fused-ring (bicyclic) bond motifs is 1. The van der Waals surface area contributed by atoms with E-state index >= 15 is 0 Å². The first-order valence-electron chi connectivity index (χ1n) is 9.78. The largest absolute Gasteiger partial charge is 0.482 e. The molecule has 0 unspecified atom stereocenters. The third-order valence-corrected chi connectivity index (χ3v) is 5.22. The maximum Gasteiger partial charge on any atom is 0.262 e. The van der Waals surface area contributed by atoms with Gasteiger partial charge >= 0.3 is 0 Å². The number of nitrogens with zero attached hydrogens (tertiary/aromatic N) is 1. The quantitative estimate of drug-likeness (QED) is 0.835. The molecule has 0 spiro atoms. The lowest BCUT2D eigenvalue weighted by Gasteiger charge is -2.32. The van der Waals surface area contributed by atoms with Gasteiger partial charge in [-0.3, -0.25) is 14.4 Å². The zero-order valence-electron chi connectivity index (χ0n) is 16.0. The summed E-state index contributed by atoms with van der Waals surface area (Å²) in [5, 5.41) is 5.63. The van der Waals surface area contributed by atoms with E-state index < -0.39 is 0 Å². The van der Waals surface area contributed by atoms with Crippen molar-refractivity contribution in [3.05, 3.63) is 54.1 Å². The highest BCUT2D eigenvalue weighted by Crippen LogP contribution is 2.31. The summed E-state index contributed by atoms with van der Waals surface area (Å²) < 4.78 is 5.33. The average molecular weight is 393 g/mol. The molecule has 2 aromatic rings. The van der Waals surface area contributed by atoms with Crippen LogP contribution in [0.25, 0.3) is 0 Å². The van der Waals surface area contributed by atoms with Gasteiger partial charge in [-0.25, -0.2) is 0 Å². The molecule has 0 radical (unpaired) electrons. The zero-order chi connectivity index (χ0) is 20.2. The van der Waals surface area contributed by atoms with Gasteiger partial charge in [-0.2, -0.15) is 0 Å². The van der Waals surface area contributed by atoms with Gasteiger partial charge < -0.3 is 20.3 Å². The highest BCUT2D eigenvalue weighted by Gasteiger charge is 2.28. The fourth-order valence-corrected chi connectivity index (χ4v) is 3.71. The van der Waals surface area contributed by atoms with Crippen LogP contribution >= 0.6 is 0 Å². The van der Waals surface area contributed by atoms with Gasteiger partial charge in [-0.05, 0) is 36.6 Å². The van der Waals surface area contributed by atoms with Crippen molar-refractivity contribution in [2.24, 2.45) is 5.92 Å². The molecular weight excluding hydrogens is 370 g/mol. The molecule has 2 N–H and O–H groups in total. The third-order valence-electron chi connectivity index (χ3n) is 5.22. The lowest BCUT2D eigenvalue weighted by atomic mass is 9.96. The van der Waals surface area contributed by atoms with E-state index in [1.165, 1.54) is 0 Å². The van der Waals surface area contributed by atoms with Gasteiger partial charge in [0.15, 0.2) is 6.61 Å². The van der Waals surface area contributed by atoms with Gasteiger partial charge in [0.2, 0.25) is 11.8 Å². The highest BCUT2D eigenvalue weighted by atomic mass is 16.5. The van der Waals surface area contributed by atoms with Crippen LogP contribution in [-0.4, -0.2) is 42.3 Å². The Morgan fingerprint density at radius 1 is 1.17 bits per heavy atom. The summed E-state index contributed by atoms with van der Waals surface area (Å²) in [6.45, 7) is 1.09. The molecule has 0 saturated carbocycles. The molecule has 2 aliphatic rings. The first-order valence-corrected chi connectivity index (χ1v) is 9.78. The van der Waals surface area contributed by atoms with Crippen molar-refractivity contribution in [1.82, 2.24) is 4.90 Å². The molecule has 0 aromatic heterocycles. The van der Waals surface area contributed by atoms with Crippen LogP contribution in [0, 0.1) is 5.92 Å². The number of amides is 3. The van der Waals surface area contributed by atoms with E-state index in [-0.39, 0.29) is 30.2 Å². The third kappa shape index (κ3) is 4.56. The summed E-state index contributed by atoms with van der Waals surface area (Å²) in [7, 11) is 0. The second-order valence-corrected chi connectivity index (χ2v) is 7.38. The second kappa shape index (κ2) is 8.34. The number of ether oxygens (including phenoxy) is 1. The Labute approximate surface area is 169 Å². The van der Waals surface area contributed by atoms with Crippen LogP contribution in [0.15, 0.2) is 48.5 Å². The molecule has 150 valence electrons. The number of likely N-dealkylation sites (tertiary alicyclic amines) is 1. The Bertz CT molecular complexity index is 929. The van der Waals surface area contributed by atoms with Crippen molar-refractivity contribution in [3.63, 3.8) is 0 Å². The number of piperidine rings is 1. The fraction of sp³-hybridized carbons (Fsp3) is 0.318. The molecule has 3 amide bonds. The van der Waals surface area contributed by atoms with Crippen molar-refractivity contribution in [1.29, 1.82) is 0 Å². The SMILES string of the molecule is O=C1COc2ccc(NC(=O)[C@H]3CCCN(C(=O)Cc4ccccc4)C3)cc2N1. The minimum absolute atomic E-state index is 0.00632. The smallest absolute Gasteiger partial charge is 0.262 e. The maximum atomic E-state index is 12.8. The van der Waals surface area contributed by atoms with E-state index in [1.54, 1.807) is 23.1 Å². The molecule has 1 atom stereocenters. The minimum atomic E-state index is -0.259. The molecule has 29 heavy (non-hydrogen) atoms. The predicted molar refractivity (Wildman–Crippen MR) is 109 cm³/mol. The van der Waals surface area contributed by atoms with Crippen molar-refractivity contribution in [2.45, 2.75) is 19.3 Å². The van der Waals surface area contributed by atoms with Gasteiger partial charge in [-0.1, -0.05) is 30.3 Å². The van der Waals surface area contributed by atoms with E-state index in [0.29, 0.717) is 36.6 Å². The monoisotopic (exact) mass is 393 g/mol. The fourth-order valence-electron chi connectivity index (χ4n) is 3.71. The molecule has 2 aliphatic heterocycles. The molecule has 4 rings (SSSR count). The van der Waals surface area contributed by atoms with Gasteiger partial charge in [-0.15, -0.1) is 0 Å². The van der Waals surface area contributed by atoms with Gasteiger partial charge in [0, 0.05) is 18.8 Å². The van der Waals surface area contributed by atoms with Gasteiger partial charge in [0.05, 0.1) is 18.0 Å². The van der Waals surface area contributed by atoms with Crippen molar-refractivity contribution in [2.75, 3.05) is 30.3 Å². The van der Waals surface area contributed by atoms with E-state index in [4.69, 9.17) is 4.74 Å². The highest BCUT2D eigenvalue weighted by molar-refractivity contribution is 5.98. The Kier molecular flexibility index (Phi) is 5.46. The van der Waals surface area contributed by atoms with Crippen LogP contribution in [0.1, 0.15) is 18.4 Å².